The van der Waals surface area contributed by atoms with Crippen LogP contribution in [-0.2, 0) is 0 Å². The number of piperidine rings is 1. The first-order valence-electron chi connectivity index (χ1n) is 10.6. The molecule has 0 aliphatic carbocycles. The summed E-state index contributed by atoms with van der Waals surface area (Å²) in [7, 11) is 0. The highest BCUT2D eigenvalue weighted by molar-refractivity contribution is 5.96. The predicted molar refractivity (Wildman–Crippen MR) is 115 cm³/mol. The van der Waals surface area contributed by atoms with Gasteiger partial charge in [0.2, 0.25) is 5.88 Å². The van der Waals surface area contributed by atoms with Crippen LogP contribution in [0, 0.1) is 6.92 Å². The maximum absolute atomic E-state index is 12.9. The highest BCUT2D eigenvalue weighted by Crippen LogP contribution is 2.23. The maximum Gasteiger partial charge on any atom is 0.321 e. The third-order valence-electron chi connectivity index (χ3n) is 5.66. The molecule has 30 heavy (non-hydrogen) atoms. The smallest absolute Gasteiger partial charge is 0.321 e. The van der Waals surface area contributed by atoms with E-state index in [0.29, 0.717) is 31.0 Å². The summed E-state index contributed by atoms with van der Waals surface area (Å²) in [6.07, 6.45) is 5.40. The van der Waals surface area contributed by atoms with E-state index in [9.17, 15) is 9.59 Å². The van der Waals surface area contributed by atoms with Gasteiger partial charge in [0.15, 0.2) is 0 Å². The summed E-state index contributed by atoms with van der Waals surface area (Å²) in [6.45, 7) is 4.64. The van der Waals surface area contributed by atoms with Crippen molar-refractivity contribution in [1.82, 2.24) is 14.8 Å². The molecule has 2 aliphatic heterocycles. The SMILES string of the molecule is Cc1ccc(NC(=O)N2CCC(Oc3ncccc3C(=O)N3CCCCC3)C2)cc1. The molecule has 0 saturated carbocycles. The van der Waals surface area contributed by atoms with E-state index in [2.05, 4.69) is 10.3 Å². The Balaban J connectivity index is 1.37. The fourth-order valence-electron chi connectivity index (χ4n) is 3.92. The molecule has 7 nitrogen and oxygen atoms in total. The van der Waals surface area contributed by atoms with Gasteiger partial charge in [0.1, 0.15) is 11.7 Å². The number of nitrogens with zero attached hydrogens (tertiary/aromatic N) is 3. The molecule has 0 radical (unpaired) electrons. The highest BCUT2D eigenvalue weighted by atomic mass is 16.5. The summed E-state index contributed by atoms with van der Waals surface area (Å²) < 4.78 is 6.08. The van der Waals surface area contributed by atoms with Crippen molar-refractivity contribution in [3.8, 4) is 5.88 Å². The van der Waals surface area contributed by atoms with Gasteiger partial charge >= 0.3 is 6.03 Å². The van der Waals surface area contributed by atoms with Crippen LogP contribution in [0.3, 0.4) is 0 Å². The van der Waals surface area contributed by atoms with Crippen LogP contribution >= 0.6 is 0 Å². The molecule has 0 spiro atoms. The number of benzene rings is 1. The van der Waals surface area contributed by atoms with Crippen LogP contribution in [0.5, 0.6) is 5.88 Å². The lowest BCUT2D eigenvalue weighted by Gasteiger charge is -2.27. The van der Waals surface area contributed by atoms with Crippen LogP contribution in [0.15, 0.2) is 42.6 Å². The Hall–Kier alpha value is -3.09. The zero-order valence-corrected chi connectivity index (χ0v) is 17.3. The number of nitrogens with one attached hydrogen (secondary N) is 1. The lowest BCUT2D eigenvalue weighted by Crippen LogP contribution is -2.36. The van der Waals surface area contributed by atoms with E-state index < -0.39 is 0 Å². The van der Waals surface area contributed by atoms with Gasteiger partial charge in [-0.3, -0.25) is 4.79 Å². The molecular formula is C23H28N4O3. The molecule has 3 amide bonds. The van der Waals surface area contributed by atoms with Gasteiger partial charge in [-0.2, -0.15) is 0 Å². The van der Waals surface area contributed by atoms with E-state index >= 15 is 0 Å². The Morgan fingerprint density at radius 2 is 1.80 bits per heavy atom. The number of urea groups is 1. The Labute approximate surface area is 177 Å². The average Bonchev–Trinajstić information content (AvgIpc) is 3.24. The average molecular weight is 409 g/mol. The Bertz CT molecular complexity index is 894. The molecule has 4 rings (SSSR count). The van der Waals surface area contributed by atoms with Gasteiger partial charge in [-0.15, -0.1) is 0 Å². The number of pyridine rings is 1. The number of rotatable bonds is 4. The molecule has 1 N–H and O–H groups in total. The first kappa shape index (κ1) is 20.2. The minimum Gasteiger partial charge on any atom is -0.472 e. The molecule has 1 aromatic carbocycles. The summed E-state index contributed by atoms with van der Waals surface area (Å²) in [4.78, 5) is 33.4. The third kappa shape index (κ3) is 4.72. The number of likely N-dealkylation sites (tertiary alicyclic amines) is 2. The van der Waals surface area contributed by atoms with E-state index in [-0.39, 0.29) is 18.0 Å². The number of aromatic nitrogens is 1. The normalized spacial score (nSPS) is 18.9. The zero-order valence-electron chi connectivity index (χ0n) is 17.3. The minimum absolute atomic E-state index is 0.0234. The van der Waals surface area contributed by atoms with Crippen molar-refractivity contribution in [3.63, 3.8) is 0 Å². The number of carbonyl (C=O) groups excluding carboxylic acids is 2. The van der Waals surface area contributed by atoms with Crippen molar-refractivity contribution >= 4 is 17.6 Å². The number of ether oxygens (including phenoxy) is 1. The van der Waals surface area contributed by atoms with Gasteiger partial charge in [-0.05, 0) is 50.5 Å². The van der Waals surface area contributed by atoms with E-state index in [1.54, 1.807) is 23.2 Å². The Morgan fingerprint density at radius 1 is 1.03 bits per heavy atom. The summed E-state index contributed by atoms with van der Waals surface area (Å²) in [5.41, 5.74) is 2.42. The Kier molecular flexibility index (Phi) is 6.16. The molecule has 0 bridgehead atoms. The number of carbonyl (C=O) groups is 2. The summed E-state index contributed by atoms with van der Waals surface area (Å²) >= 11 is 0. The van der Waals surface area contributed by atoms with E-state index in [1.807, 2.05) is 36.1 Å². The van der Waals surface area contributed by atoms with Crippen molar-refractivity contribution in [2.24, 2.45) is 0 Å². The van der Waals surface area contributed by atoms with Crippen LogP contribution in [-0.4, -0.2) is 59.0 Å². The lowest BCUT2D eigenvalue weighted by molar-refractivity contribution is 0.0715. The molecule has 2 aromatic rings. The largest absolute Gasteiger partial charge is 0.472 e. The zero-order chi connectivity index (χ0) is 20.9. The summed E-state index contributed by atoms with van der Waals surface area (Å²) in [6, 6.07) is 11.1. The summed E-state index contributed by atoms with van der Waals surface area (Å²) in [5, 5.41) is 2.92. The number of aryl methyl sites for hydroxylation is 1. The second kappa shape index (κ2) is 9.15. The fraction of sp³-hybridized carbons (Fsp3) is 0.435. The predicted octanol–water partition coefficient (Wildman–Crippen LogP) is 3.70. The molecule has 2 fully saturated rings. The highest BCUT2D eigenvalue weighted by Gasteiger charge is 2.30. The molecule has 1 atom stereocenters. The quantitative estimate of drug-likeness (QED) is 0.837. The van der Waals surface area contributed by atoms with Gasteiger partial charge in [0, 0.05) is 37.9 Å². The minimum atomic E-state index is -0.184. The first-order valence-corrected chi connectivity index (χ1v) is 10.6. The molecule has 7 heteroatoms. The summed E-state index contributed by atoms with van der Waals surface area (Å²) in [5.74, 6) is 0.337. The topological polar surface area (TPSA) is 74.8 Å². The van der Waals surface area contributed by atoms with Crippen LogP contribution in [0.2, 0.25) is 0 Å². The Morgan fingerprint density at radius 3 is 2.57 bits per heavy atom. The van der Waals surface area contributed by atoms with E-state index in [0.717, 1.165) is 37.2 Å². The molecular weight excluding hydrogens is 380 g/mol. The second-order valence-electron chi connectivity index (χ2n) is 7.98. The monoisotopic (exact) mass is 408 g/mol. The number of anilines is 1. The van der Waals surface area contributed by atoms with Crippen molar-refractivity contribution < 1.29 is 14.3 Å². The fourth-order valence-corrected chi connectivity index (χ4v) is 3.92. The lowest BCUT2D eigenvalue weighted by atomic mass is 10.1. The van der Waals surface area contributed by atoms with E-state index in [1.165, 1.54) is 6.42 Å². The molecule has 158 valence electrons. The number of hydrogen-bond acceptors (Lipinski definition) is 4. The van der Waals surface area contributed by atoms with Crippen molar-refractivity contribution in [1.29, 1.82) is 0 Å². The molecule has 1 unspecified atom stereocenters. The van der Waals surface area contributed by atoms with Gasteiger partial charge in [0.25, 0.3) is 5.91 Å². The molecule has 3 heterocycles. The maximum atomic E-state index is 12.9. The van der Waals surface area contributed by atoms with Crippen LogP contribution in [0.1, 0.15) is 41.6 Å². The van der Waals surface area contributed by atoms with Crippen molar-refractivity contribution in [2.75, 3.05) is 31.5 Å². The number of amides is 3. The first-order chi connectivity index (χ1) is 14.6. The number of hydrogen-bond donors (Lipinski definition) is 1. The van der Waals surface area contributed by atoms with Gasteiger partial charge in [0.05, 0.1) is 6.54 Å². The van der Waals surface area contributed by atoms with Gasteiger partial charge in [-0.25, -0.2) is 9.78 Å². The molecule has 2 saturated heterocycles. The van der Waals surface area contributed by atoms with Crippen molar-refractivity contribution in [3.05, 3.63) is 53.7 Å². The second-order valence-corrected chi connectivity index (χ2v) is 7.98. The third-order valence-corrected chi connectivity index (χ3v) is 5.66. The standard InChI is InChI=1S/C23H28N4O3/c1-17-7-9-18(10-8-17)25-23(29)27-15-11-19(16-27)30-21-20(6-5-12-24-21)22(28)26-13-3-2-4-14-26/h5-10,12,19H,2-4,11,13-16H2,1H3,(H,25,29). The van der Waals surface area contributed by atoms with Crippen molar-refractivity contribution in [2.45, 2.75) is 38.7 Å². The molecule has 2 aliphatic rings. The van der Waals surface area contributed by atoms with E-state index in [4.69, 9.17) is 4.74 Å². The molecule has 1 aromatic heterocycles. The van der Waals surface area contributed by atoms with Crippen LogP contribution in [0.4, 0.5) is 10.5 Å². The van der Waals surface area contributed by atoms with Crippen LogP contribution in [0.25, 0.3) is 0 Å². The van der Waals surface area contributed by atoms with Crippen LogP contribution < -0.4 is 10.1 Å². The van der Waals surface area contributed by atoms with Gasteiger partial charge in [-0.1, -0.05) is 17.7 Å². The van der Waals surface area contributed by atoms with Gasteiger partial charge < -0.3 is 19.9 Å².